The number of benzene rings is 1. The second kappa shape index (κ2) is 4.70. The molecule has 0 atom stereocenters. The Morgan fingerprint density at radius 2 is 2.00 bits per heavy atom. The van der Waals surface area contributed by atoms with E-state index in [2.05, 4.69) is 20.7 Å². The monoisotopic (exact) mass is 357 g/mol. The first-order chi connectivity index (χ1) is 7.88. The molecule has 0 aromatic heterocycles. The number of hydrogen-bond donors (Lipinski definition) is 1. The van der Waals surface area contributed by atoms with Crippen LogP contribution in [-0.4, -0.2) is 19.3 Å². The minimum atomic E-state index is -3.62. The first-order valence-electron chi connectivity index (χ1n) is 4.94. The van der Waals surface area contributed by atoms with Crippen LogP contribution in [0.3, 0.4) is 0 Å². The van der Waals surface area contributed by atoms with Crippen LogP contribution < -0.4 is 4.72 Å². The SMILES string of the molecule is O=S(=O)(NC1(CBr)CC1)c1cc(Cl)ccc1Cl. The molecule has 1 fully saturated rings. The summed E-state index contributed by atoms with van der Waals surface area (Å²) in [7, 11) is -3.62. The highest BCUT2D eigenvalue weighted by Gasteiger charge is 2.45. The van der Waals surface area contributed by atoms with E-state index in [4.69, 9.17) is 23.2 Å². The van der Waals surface area contributed by atoms with Gasteiger partial charge in [0.05, 0.1) is 5.02 Å². The summed E-state index contributed by atoms with van der Waals surface area (Å²) in [5.74, 6) is 0. The topological polar surface area (TPSA) is 46.2 Å². The standard InChI is InChI=1S/C10H10BrCl2NO2S/c11-6-10(3-4-10)14-17(15,16)9-5-7(12)1-2-8(9)13/h1-2,5,14H,3-4,6H2. The van der Waals surface area contributed by atoms with Crippen LogP contribution in [-0.2, 0) is 10.0 Å². The fourth-order valence-electron chi connectivity index (χ4n) is 1.44. The molecular weight excluding hydrogens is 349 g/mol. The zero-order chi connectivity index (χ0) is 12.7. The van der Waals surface area contributed by atoms with Crippen LogP contribution in [0.4, 0.5) is 0 Å². The van der Waals surface area contributed by atoms with E-state index in [1.165, 1.54) is 12.1 Å². The second-order valence-electron chi connectivity index (χ2n) is 4.09. The highest BCUT2D eigenvalue weighted by molar-refractivity contribution is 9.09. The van der Waals surface area contributed by atoms with Crippen LogP contribution in [0.25, 0.3) is 0 Å². The maximum atomic E-state index is 12.1. The van der Waals surface area contributed by atoms with Crippen LogP contribution in [0, 0.1) is 0 Å². The lowest BCUT2D eigenvalue weighted by Gasteiger charge is -2.15. The smallest absolute Gasteiger partial charge is 0.207 e. The fraction of sp³-hybridized carbons (Fsp3) is 0.400. The summed E-state index contributed by atoms with van der Waals surface area (Å²) >= 11 is 15.0. The molecule has 0 radical (unpaired) electrons. The van der Waals surface area contributed by atoms with Gasteiger partial charge in [0.15, 0.2) is 0 Å². The second-order valence-corrected chi connectivity index (χ2v) is 7.15. The van der Waals surface area contributed by atoms with Gasteiger partial charge in [-0.25, -0.2) is 13.1 Å². The normalized spacial score (nSPS) is 18.1. The fourth-order valence-corrected chi connectivity index (χ4v) is 4.55. The van der Waals surface area contributed by atoms with E-state index in [1.54, 1.807) is 6.07 Å². The maximum absolute atomic E-state index is 12.1. The maximum Gasteiger partial charge on any atom is 0.242 e. The van der Waals surface area contributed by atoms with Gasteiger partial charge in [0.25, 0.3) is 0 Å². The number of rotatable bonds is 4. The van der Waals surface area contributed by atoms with Crippen molar-refractivity contribution in [2.45, 2.75) is 23.3 Å². The number of alkyl halides is 1. The van der Waals surface area contributed by atoms with Crippen molar-refractivity contribution in [3.05, 3.63) is 28.2 Å². The largest absolute Gasteiger partial charge is 0.242 e. The predicted molar refractivity (Wildman–Crippen MR) is 72.5 cm³/mol. The Kier molecular flexibility index (Phi) is 3.77. The zero-order valence-corrected chi connectivity index (χ0v) is 12.6. The summed E-state index contributed by atoms with van der Waals surface area (Å²) in [6.07, 6.45) is 1.66. The van der Waals surface area contributed by atoms with Crippen molar-refractivity contribution < 1.29 is 8.42 Å². The van der Waals surface area contributed by atoms with Crippen molar-refractivity contribution in [3.63, 3.8) is 0 Å². The Labute approximate surface area is 119 Å². The third kappa shape index (κ3) is 2.96. The van der Waals surface area contributed by atoms with Crippen molar-refractivity contribution in [2.75, 3.05) is 5.33 Å². The average molecular weight is 359 g/mol. The van der Waals surface area contributed by atoms with Crippen LogP contribution in [0.2, 0.25) is 10.0 Å². The highest BCUT2D eigenvalue weighted by Crippen LogP contribution is 2.39. The molecule has 0 bridgehead atoms. The molecule has 1 aliphatic rings. The number of nitrogens with one attached hydrogen (secondary N) is 1. The third-order valence-corrected chi connectivity index (χ3v) is 6.01. The van der Waals surface area contributed by atoms with Gasteiger partial charge in [0.1, 0.15) is 4.90 Å². The molecule has 1 N–H and O–H groups in total. The Morgan fingerprint density at radius 1 is 1.35 bits per heavy atom. The van der Waals surface area contributed by atoms with Gasteiger partial charge in [0.2, 0.25) is 10.0 Å². The molecular formula is C10H10BrCl2NO2S. The van der Waals surface area contributed by atoms with E-state index < -0.39 is 10.0 Å². The first kappa shape index (κ1) is 13.6. The molecule has 94 valence electrons. The van der Waals surface area contributed by atoms with Crippen molar-refractivity contribution in [2.24, 2.45) is 0 Å². The molecule has 0 spiro atoms. The predicted octanol–water partition coefficient (Wildman–Crippen LogP) is 3.20. The molecule has 1 aromatic carbocycles. The molecule has 0 aliphatic heterocycles. The van der Waals surface area contributed by atoms with Crippen molar-refractivity contribution in [1.82, 2.24) is 4.72 Å². The Balaban J connectivity index is 2.35. The van der Waals surface area contributed by atoms with Gasteiger partial charge in [-0.05, 0) is 31.0 Å². The number of sulfonamides is 1. The summed E-state index contributed by atoms with van der Waals surface area (Å²) < 4.78 is 26.9. The molecule has 0 heterocycles. The summed E-state index contributed by atoms with van der Waals surface area (Å²) in [5.41, 5.74) is -0.357. The molecule has 17 heavy (non-hydrogen) atoms. The van der Waals surface area contributed by atoms with E-state index in [0.29, 0.717) is 10.4 Å². The molecule has 1 aliphatic carbocycles. The molecule has 3 nitrogen and oxygen atoms in total. The third-order valence-electron chi connectivity index (χ3n) is 2.64. The Morgan fingerprint density at radius 3 is 2.53 bits per heavy atom. The molecule has 0 amide bonds. The van der Waals surface area contributed by atoms with Gasteiger partial charge < -0.3 is 0 Å². The Bertz CT molecular complexity index is 543. The summed E-state index contributed by atoms with van der Waals surface area (Å²) in [4.78, 5) is 0.0268. The summed E-state index contributed by atoms with van der Waals surface area (Å²) in [6, 6.07) is 4.39. The van der Waals surface area contributed by atoms with E-state index in [9.17, 15) is 8.42 Å². The van der Waals surface area contributed by atoms with E-state index >= 15 is 0 Å². The van der Waals surface area contributed by atoms with Gasteiger partial charge in [-0.1, -0.05) is 39.1 Å². The lowest BCUT2D eigenvalue weighted by molar-refractivity contribution is 0.561. The van der Waals surface area contributed by atoms with Crippen LogP contribution in [0.1, 0.15) is 12.8 Å². The van der Waals surface area contributed by atoms with Gasteiger partial charge in [0, 0.05) is 15.9 Å². The van der Waals surface area contributed by atoms with Crippen LogP contribution in [0.15, 0.2) is 23.1 Å². The van der Waals surface area contributed by atoms with Crippen molar-refractivity contribution >= 4 is 49.2 Å². The molecule has 1 saturated carbocycles. The van der Waals surface area contributed by atoms with Gasteiger partial charge in [-0.3, -0.25) is 0 Å². The van der Waals surface area contributed by atoms with Gasteiger partial charge >= 0.3 is 0 Å². The lowest BCUT2D eigenvalue weighted by atomic mass is 10.4. The minimum absolute atomic E-state index is 0.0268. The number of halogens is 3. The van der Waals surface area contributed by atoms with Gasteiger partial charge in [-0.2, -0.15) is 0 Å². The summed E-state index contributed by atoms with van der Waals surface area (Å²) in [6.45, 7) is 0. The number of hydrogen-bond acceptors (Lipinski definition) is 2. The lowest BCUT2D eigenvalue weighted by Crippen LogP contribution is -2.38. The highest BCUT2D eigenvalue weighted by atomic mass is 79.9. The van der Waals surface area contributed by atoms with Crippen LogP contribution >= 0.6 is 39.1 Å². The van der Waals surface area contributed by atoms with E-state index in [-0.39, 0.29) is 15.5 Å². The quantitative estimate of drug-likeness (QED) is 0.840. The first-order valence-corrected chi connectivity index (χ1v) is 8.30. The average Bonchev–Trinajstić information content (AvgIpc) is 3.01. The van der Waals surface area contributed by atoms with Crippen LogP contribution in [0.5, 0.6) is 0 Å². The van der Waals surface area contributed by atoms with Gasteiger partial charge in [-0.15, -0.1) is 0 Å². The van der Waals surface area contributed by atoms with Crippen molar-refractivity contribution in [1.29, 1.82) is 0 Å². The molecule has 7 heteroatoms. The minimum Gasteiger partial charge on any atom is -0.207 e. The zero-order valence-electron chi connectivity index (χ0n) is 8.71. The van der Waals surface area contributed by atoms with Crippen molar-refractivity contribution in [3.8, 4) is 0 Å². The molecule has 0 saturated heterocycles. The van der Waals surface area contributed by atoms with E-state index in [0.717, 1.165) is 12.8 Å². The molecule has 2 rings (SSSR count). The summed E-state index contributed by atoms with van der Waals surface area (Å²) in [5, 5.41) is 1.11. The van der Waals surface area contributed by atoms with E-state index in [1.807, 2.05) is 0 Å². The molecule has 1 aromatic rings. The Hall–Kier alpha value is 0.190. The molecule has 0 unspecified atom stereocenters.